The summed E-state index contributed by atoms with van der Waals surface area (Å²) in [7, 11) is 1.78. The van der Waals surface area contributed by atoms with Crippen molar-refractivity contribution in [3.63, 3.8) is 0 Å². The number of likely N-dealkylation sites (tertiary alicyclic amines) is 1. The van der Waals surface area contributed by atoms with Gasteiger partial charge in [-0.1, -0.05) is 13.8 Å². The molecule has 0 spiro atoms. The highest BCUT2D eigenvalue weighted by Crippen LogP contribution is 2.24. The molecule has 0 radical (unpaired) electrons. The van der Waals surface area contributed by atoms with Crippen molar-refractivity contribution in [1.82, 2.24) is 4.90 Å². The van der Waals surface area contributed by atoms with Crippen molar-refractivity contribution in [3.05, 3.63) is 0 Å². The van der Waals surface area contributed by atoms with E-state index in [2.05, 4.69) is 18.7 Å². The van der Waals surface area contributed by atoms with Gasteiger partial charge >= 0.3 is 0 Å². The van der Waals surface area contributed by atoms with E-state index in [1.54, 1.807) is 7.11 Å². The summed E-state index contributed by atoms with van der Waals surface area (Å²) in [4.78, 5) is 2.56. The van der Waals surface area contributed by atoms with Crippen LogP contribution in [-0.4, -0.2) is 43.8 Å². The zero-order valence-electron chi connectivity index (χ0n) is 10.4. The minimum absolute atomic E-state index is 0.552. The maximum atomic E-state index is 5.86. The van der Waals surface area contributed by atoms with E-state index in [-0.39, 0.29) is 0 Å². The van der Waals surface area contributed by atoms with Crippen molar-refractivity contribution in [2.24, 2.45) is 11.7 Å². The second-order valence-corrected chi connectivity index (χ2v) is 4.77. The van der Waals surface area contributed by atoms with Gasteiger partial charge in [0.1, 0.15) is 0 Å². The first-order valence-electron chi connectivity index (χ1n) is 6.17. The van der Waals surface area contributed by atoms with Crippen LogP contribution in [0.1, 0.15) is 33.1 Å². The summed E-state index contributed by atoms with van der Waals surface area (Å²) in [6, 6.07) is 1.12. The molecular weight excluding hydrogens is 188 g/mol. The Labute approximate surface area is 94.0 Å². The molecule has 2 N–H and O–H groups in total. The van der Waals surface area contributed by atoms with Crippen molar-refractivity contribution >= 4 is 0 Å². The molecule has 0 saturated carbocycles. The smallest absolute Gasteiger partial charge is 0.0618 e. The van der Waals surface area contributed by atoms with Crippen LogP contribution in [0.2, 0.25) is 0 Å². The maximum absolute atomic E-state index is 5.86. The van der Waals surface area contributed by atoms with E-state index in [1.165, 1.54) is 19.4 Å². The summed E-state index contributed by atoms with van der Waals surface area (Å²) < 4.78 is 5.29. The number of ether oxygens (including phenoxy) is 1. The number of nitrogens with two attached hydrogens (primary N) is 1. The molecule has 3 atom stereocenters. The lowest BCUT2D eigenvalue weighted by Crippen LogP contribution is -2.52. The summed E-state index contributed by atoms with van der Waals surface area (Å²) in [5.74, 6) is 0.829. The lowest BCUT2D eigenvalue weighted by molar-refractivity contribution is 0.0287. The first kappa shape index (κ1) is 12.9. The van der Waals surface area contributed by atoms with Gasteiger partial charge in [-0.3, -0.25) is 4.90 Å². The average Bonchev–Trinajstić information content (AvgIpc) is 2.26. The molecule has 3 unspecified atom stereocenters. The van der Waals surface area contributed by atoms with Crippen LogP contribution in [0.25, 0.3) is 0 Å². The number of rotatable bonds is 5. The van der Waals surface area contributed by atoms with E-state index in [1.807, 2.05) is 0 Å². The van der Waals surface area contributed by atoms with Crippen LogP contribution in [0, 0.1) is 5.92 Å². The van der Waals surface area contributed by atoms with Crippen molar-refractivity contribution in [1.29, 1.82) is 0 Å². The number of nitrogens with zero attached hydrogens (tertiary/aromatic N) is 1. The Hall–Kier alpha value is -0.120. The van der Waals surface area contributed by atoms with Gasteiger partial charge in [0.25, 0.3) is 0 Å². The quantitative estimate of drug-likeness (QED) is 0.753. The third-order valence-electron chi connectivity index (χ3n) is 3.59. The summed E-state index contributed by atoms with van der Waals surface area (Å²) in [5, 5.41) is 0. The van der Waals surface area contributed by atoms with Crippen LogP contribution < -0.4 is 5.73 Å². The van der Waals surface area contributed by atoms with Gasteiger partial charge in [-0.25, -0.2) is 0 Å². The molecule has 1 fully saturated rings. The molecule has 3 nitrogen and oxygen atoms in total. The molecule has 1 aliphatic heterocycles. The molecule has 15 heavy (non-hydrogen) atoms. The van der Waals surface area contributed by atoms with Gasteiger partial charge in [0, 0.05) is 25.7 Å². The highest BCUT2D eigenvalue weighted by atomic mass is 16.5. The SMILES string of the molecule is CCC(COC)N1CCC(C)CC1CN. The largest absolute Gasteiger partial charge is 0.383 e. The van der Waals surface area contributed by atoms with Gasteiger partial charge in [0.2, 0.25) is 0 Å². The minimum Gasteiger partial charge on any atom is -0.383 e. The topological polar surface area (TPSA) is 38.5 Å². The Bertz CT molecular complexity index is 169. The Balaban J connectivity index is 2.56. The van der Waals surface area contributed by atoms with E-state index in [9.17, 15) is 0 Å². The fourth-order valence-corrected chi connectivity index (χ4v) is 2.62. The van der Waals surface area contributed by atoms with Crippen molar-refractivity contribution in [2.45, 2.75) is 45.2 Å². The molecule has 0 aromatic carbocycles. The molecule has 0 bridgehead atoms. The lowest BCUT2D eigenvalue weighted by atomic mass is 9.91. The van der Waals surface area contributed by atoms with E-state index >= 15 is 0 Å². The second kappa shape index (κ2) is 6.46. The molecule has 0 amide bonds. The zero-order chi connectivity index (χ0) is 11.3. The first-order chi connectivity index (χ1) is 7.22. The fourth-order valence-electron chi connectivity index (χ4n) is 2.62. The standard InChI is InChI=1S/C12H26N2O/c1-4-11(9-15-3)14-6-5-10(2)7-12(14)8-13/h10-12H,4-9,13H2,1-3H3. The van der Waals surface area contributed by atoms with Gasteiger partial charge in [0.05, 0.1) is 6.61 Å². The molecule has 90 valence electrons. The highest BCUT2D eigenvalue weighted by Gasteiger charge is 2.29. The summed E-state index contributed by atoms with van der Waals surface area (Å²) in [6.45, 7) is 7.36. The van der Waals surface area contributed by atoms with Gasteiger partial charge < -0.3 is 10.5 Å². The molecule has 1 saturated heterocycles. The average molecular weight is 214 g/mol. The monoisotopic (exact) mass is 214 g/mol. The first-order valence-corrected chi connectivity index (χ1v) is 6.17. The number of hydrogen-bond donors (Lipinski definition) is 1. The predicted molar refractivity (Wildman–Crippen MR) is 63.9 cm³/mol. The van der Waals surface area contributed by atoms with Crippen LogP contribution in [0.15, 0.2) is 0 Å². The summed E-state index contributed by atoms with van der Waals surface area (Å²) in [5.41, 5.74) is 5.86. The Morgan fingerprint density at radius 1 is 1.53 bits per heavy atom. The predicted octanol–water partition coefficient (Wildman–Crippen LogP) is 1.47. The lowest BCUT2D eigenvalue weighted by Gasteiger charge is -2.42. The van der Waals surface area contributed by atoms with Crippen LogP contribution in [0.5, 0.6) is 0 Å². The summed E-state index contributed by atoms with van der Waals surface area (Å²) in [6.07, 6.45) is 3.70. The van der Waals surface area contributed by atoms with Crippen molar-refractivity contribution < 1.29 is 4.74 Å². The molecular formula is C12H26N2O. The van der Waals surface area contributed by atoms with E-state index in [0.717, 1.165) is 25.5 Å². The molecule has 1 rings (SSSR count). The number of methoxy groups -OCH3 is 1. The maximum Gasteiger partial charge on any atom is 0.0618 e. The normalized spacial score (nSPS) is 30.4. The van der Waals surface area contributed by atoms with Crippen molar-refractivity contribution in [3.8, 4) is 0 Å². The molecule has 0 aromatic rings. The zero-order valence-corrected chi connectivity index (χ0v) is 10.4. The van der Waals surface area contributed by atoms with E-state index in [0.29, 0.717) is 12.1 Å². The van der Waals surface area contributed by atoms with Crippen LogP contribution in [0.4, 0.5) is 0 Å². The fraction of sp³-hybridized carbons (Fsp3) is 1.00. The van der Waals surface area contributed by atoms with Gasteiger partial charge in [-0.2, -0.15) is 0 Å². The summed E-state index contributed by atoms with van der Waals surface area (Å²) >= 11 is 0. The molecule has 0 aliphatic carbocycles. The van der Waals surface area contributed by atoms with Crippen molar-refractivity contribution in [2.75, 3.05) is 26.8 Å². The third-order valence-corrected chi connectivity index (χ3v) is 3.59. The highest BCUT2D eigenvalue weighted by molar-refractivity contribution is 4.85. The molecule has 0 aromatic heterocycles. The number of hydrogen-bond acceptors (Lipinski definition) is 3. The number of piperidine rings is 1. The van der Waals surface area contributed by atoms with Gasteiger partial charge in [0.15, 0.2) is 0 Å². The molecule has 1 heterocycles. The Kier molecular flexibility index (Phi) is 5.58. The van der Waals surface area contributed by atoms with Crippen LogP contribution >= 0.6 is 0 Å². The molecule has 1 aliphatic rings. The Morgan fingerprint density at radius 2 is 2.27 bits per heavy atom. The van der Waals surface area contributed by atoms with Crippen LogP contribution in [-0.2, 0) is 4.74 Å². The van der Waals surface area contributed by atoms with E-state index < -0.39 is 0 Å². The second-order valence-electron chi connectivity index (χ2n) is 4.77. The Morgan fingerprint density at radius 3 is 2.80 bits per heavy atom. The van der Waals surface area contributed by atoms with E-state index in [4.69, 9.17) is 10.5 Å². The minimum atomic E-state index is 0.552. The molecule has 3 heteroatoms. The van der Waals surface area contributed by atoms with Crippen LogP contribution in [0.3, 0.4) is 0 Å². The van der Waals surface area contributed by atoms with Gasteiger partial charge in [-0.05, 0) is 31.7 Å². The van der Waals surface area contributed by atoms with Gasteiger partial charge in [-0.15, -0.1) is 0 Å². The third kappa shape index (κ3) is 3.44.